The summed E-state index contributed by atoms with van der Waals surface area (Å²) in [5.41, 5.74) is 1.16. The highest BCUT2D eigenvalue weighted by molar-refractivity contribution is 8.00. The third-order valence-corrected chi connectivity index (χ3v) is 6.08. The molecule has 1 aromatic carbocycles. The lowest BCUT2D eigenvalue weighted by molar-refractivity contribution is -0.118. The van der Waals surface area contributed by atoms with Crippen molar-refractivity contribution in [3.8, 4) is 0 Å². The van der Waals surface area contributed by atoms with E-state index in [1.807, 2.05) is 42.1 Å². The highest BCUT2D eigenvalue weighted by Gasteiger charge is 2.13. The van der Waals surface area contributed by atoms with Gasteiger partial charge in [-0.15, -0.1) is 0 Å². The Hall–Kier alpha value is -1.44. The molecule has 1 aromatic heterocycles. The Morgan fingerprint density at radius 1 is 1.23 bits per heavy atom. The summed E-state index contributed by atoms with van der Waals surface area (Å²) < 4.78 is 0. The summed E-state index contributed by atoms with van der Waals surface area (Å²) >= 11 is 9.28. The van der Waals surface area contributed by atoms with E-state index in [0.29, 0.717) is 12.3 Å². The van der Waals surface area contributed by atoms with E-state index >= 15 is 0 Å². The second-order valence-electron chi connectivity index (χ2n) is 5.83. The van der Waals surface area contributed by atoms with Crippen molar-refractivity contribution >= 4 is 46.8 Å². The molecule has 1 aliphatic heterocycles. The van der Waals surface area contributed by atoms with Crippen molar-refractivity contribution in [2.24, 2.45) is 0 Å². The fourth-order valence-corrected chi connectivity index (χ4v) is 4.28. The van der Waals surface area contributed by atoms with Crippen LogP contribution in [0.1, 0.15) is 5.56 Å². The maximum atomic E-state index is 12.0. The lowest BCUT2D eigenvalue weighted by Gasteiger charge is -2.27. The van der Waals surface area contributed by atoms with E-state index in [9.17, 15) is 4.79 Å². The predicted octanol–water partition coefficient (Wildman–Crippen LogP) is 3.13. The number of nitrogens with zero attached hydrogens (tertiary/aromatic N) is 3. The van der Waals surface area contributed by atoms with Crippen LogP contribution in [0.15, 0.2) is 41.7 Å². The first-order valence-corrected chi connectivity index (χ1v) is 11.0. The Kier molecular flexibility index (Phi) is 7.46. The second-order valence-corrected chi connectivity index (χ2v) is 8.49. The average Bonchev–Trinajstić information content (AvgIpc) is 2.69. The van der Waals surface area contributed by atoms with Gasteiger partial charge in [-0.1, -0.05) is 35.5 Å². The lowest BCUT2D eigenvalue weighted by Crippen LogP contribution is -2.33. The summed E-state index contributed by atoms with van der Waals surface area (Å²) in [6, 6.07) is 9.65. The first kappa shape index (κ1) is 19.3. The minimum Gasteiger partial charge on any atom is -0.355 e. The van der Waals surface area contributed by atoms with Gasteiger partial charge in [-0.2, -0.15) is 11.8 Å². The summed E-state index contributed by atoms with van der Waals surface area (Å²) in [6.45, 7) is 2.63. The number of rotatable bonds is 7. The van der Waals surface area contributed by atoms with E-state index in [-0.39, 0.29) is 5.91 Å². The van der Waals surface area contributed by atoms with Gasteiger partial charge in [-0.05, 0) is 24.1 Å². The number of benzene rings is 1. The molecule has 0 bridgehead atoms. The molecular weight excluding hydrogens is 388 g/mol. The average molecular weight is 409 g/mol. The van der Waals surface area contributed by atoms with Crippen LogP contribution in [-0.2, 0) is 11.2 Å². The van der Waals surface area contributed by atoms with Crippen LogP contribution in [0.4, 0.5) is 5.82 Å². The van der Waals surface area contributed by atoms with Crippen LogP contribution in [0.5, 0.6) is 0 Å². The molecule has 1 amide bonds. The van der Waals surface area contributed by atoms with Crippen molar-refractivity contribution in [1.29, 1.82) is 0 Å². The van der Waals surface area contributed by atoms with Gasteiger partial charge < -0.3 is 10.2 Å². The number of halogens is 1. The van der Waals surface area contributed by atoms with E-state index in [1.165, 1.54) is 11.8 Å². The highest BCUT2D eigenvalue weighted by atomic mass is 35.5. The number of carbonyl (C=O) groups excluding carboxylic acids is 1. The van der Waals surface area contributed by atoms with Gasteiger partial charge in [0.2, 0.25) is 5.91 Å². The largest absolute Gasteiger partial charge is 0.355 e. The summed E-state index contributed by atoms with van der Waals surface area (Å²) in [4.78, 5) is 22.9. The molecule has 2 aromatic rings. The van der Waals surface area contributed by atoms with Gasteiger partial charge in [0.05, 0.1) is 5.75 Å². The van der Waals surface area contributed by atoms with Crippen molar-refractivity contribution < 1.29 is 4.79 Å². The first-order valence-electron chi connectivity index (χ1n) is 8.49. The summed E-state index contributed by atoms with van der Waals surface area (Å²) in [7, 11) is 0. The quantitative estimate of drug-likeness (QED) is 0.561. The molecule has 1 aliphatic rings. The molecule has 1 fully saturated rings. The lowest BCUT2D eigenvalue weighted by atomic mass is 10.1. The molecule has 0 saturated carbocycles. The van der Waals surface area contributed by atoms with Gasteiger partial charge in [0.15, 0.2) is 0 Å². The Labute approximate surface area is 167 Å². The maximum Gasteiger partial charge on any atom is 0.230 e. The van der Waals surface area contributed by atoms with Crippen molar-refractivity contribution in [2.45, 2.75) is 11.4 Å². The van der Waals surface area contributed by atoms with Gasteiger partial charge >= 0.3 is 0 Å². The summed E-state index contributed by atoms with van der Waals surface area (Å²) in [5.74, 6) is 3.57. The van der Waals surface area contributed by atoms with Crippen molar-refractivity contribution in [2.75, 3.05) is 41.8 Å². The second kappa shape index (κ2) is 10.0. The van der Waals surface area contributed by atoms with Crippen LogP contribution < -0.4 is 10.2 Å². The number of hydrogen-bond donors (Lipinski definition) is 1. The number of amides is 1. The molecule has 138 valence electrons. The number of hydrogen-bond acceptors (Lipinski definition) is 6. The molecule has 0 radical (unpaired) electrons. The molecule has 0 spiro atoms. The zero-order chi connectivity index (χ0) is 18.2. The van der Waals surface area contributed by atoms with E-state index in [0.717, 1.165) is 52.4 Å². The first-order chi connectivity index (χ1) is 12.7. The number of anilines is 1. The fraction of sp³-hybridized carbons (Fsp3) is 0.389. The minimum atomic E-state index is 0.0125. The highest BCUT2D eigenvalue weighted by Crippen LogP contribution is 2.21. The SMILES string of the molecule is O=C(CSc1cc(N2CCSCC2)ncn1)NCCc1ccc(Cl)cc1. The number of carbonyl (C=O) groups is 1. The molecule has 5 nitrogen and oxygen atoms in total. The summed E-state index contributed by atoms with van der Waals surface area (Å²) in [6.07, 6.45) is 2.37. The number of aromatic nitrogens is 2. The Morgan fingerprint density at radius 3 is 2.77 bits per heavy atom. The maximum absolute atomic E-state index is 12.0. The van der Waals surface area contributed by atoms with Crippen molar-refractivity contribution in [3.05, 3.63) is 47.2 Å². The zero-order valence-corrected chi connectivity index (χ0v) is 16.7. The third kappa shape index (κ3) is 6.07. The van der Waals surface area contributed by atoms with Crippen LogP contribution in [0.25, 0.3) is 0 Å². The smallest absolute Gasteiger partial charge is 0.230 e. The Balaban J connectivity index is 1.41. The topological polar surface area (TPSA) is 58.1 Å². The molecule has 26 heavy (non-hydrogen) atoms. The van der Waals surface area contributed by atoms with Gasteiger partial charge in [0.25, 0.3) is 0 Å². The molecule has 0 aliphatic carbocycles. The number of thioether (sulfide) groups is 2. The Morgan fingerprint density at radius 2 is 2.00 bits per heavy atom. The molecular formula is C18H21ClN4OS2. The molecule has 2 heterocycles. The number of nitrogens with one attached hydrogen (secondary N) is 1. The Bertz CT molecular complexity index is 723. The van der Waals surface area contributed by atoms with E-state index in [2.05, 4.69) is 20.2 Å². The molecule has 0 unspecified atom stereocenters. The van der Waals surface area contributed by atoms with Crippen LogP contribution in [-0.4, -0.2) is 52.8 Å². The predicted molar refractivity (Wildman–Crippen MR) is 110 cm³/mol. The van der Waals surface area contributed by atoms with Gasteiger partial charge in [-0.25, -0.2) is 9.97 Å². The van der Waals surface area contributed by atoms with E-state index in [4.69, 9.17) is 11.6 Å². The standard InChI is InChI=1S/C18H21ClN4OS2/c19-15-3-1-14(2-4-15)5-6-20-17(24)12-26-18-11-16(21-13-22-18)23-7-9-25-10-8-23/h1-4,11,13H,5-10,12H2,(H,20,24). The van der Waals surface area contributed by atoms with E-state index < -0.39 is 0 Å². The van der Waals surface area contributed by atoms with Gasteiger partial charge in [-0.3, -0.25) is 4.79 Å². The van der Waals surface area contributed by atoms with Crippen LogP contribution in [0, 0.1) is 0 Å². The van der Waals surface area contributed by atoms with Crippen molar-refractivity contribution in [3.63, 3.8) is 0 Å². The molecule has 1 N–H and O–H groups in total. The third-order valence-electron chi connectivity index (χ3n) is 3.96. The van der Waals surface area contributed by atoms with Crippen LogP contribution in [0.3, 0.4) is 0 Å². The minimum absolute atomic E-state index is 0.0125. The van der Waals surface area contributed by atoms with Gasteiger partial charge in [0.1, 0.15) is 17.2 Å². The molecule has 1 saturated heterocycles. The zero-order valence-electron chi connectivity index (χ0n) is 14.4. The van der Waals surface area contributed by atoms with Gasteiger partial charge in [0, 0.05) is 42.2 Å². The van der Waals surface area contributed by atoms with Crippen LogP contribution >= 0.6 is 35.1 Å². The van der Waals surface area contributed by atoms with Crippen LogP contribution in [0.2, 0.25) is 5.02 Å². The van der Waals surface area contributed by atoms with E-state index in [1.54, 1.807) is 6.33 Å². The fourth-order valence-electron chi connectivity index (χ4n) is 2.56. The van der Waals surface area contributed by atoms with Crippen molar-refractivity contribution in [1.82, 2.24) is 15.3 Å². The monoisotopic (exact) mass is 408 g/mol. The molecule has 3 rings (SSSR count). The molecule has 0 atom stereocenters. The summed E-state index contributed by atoms with van der Waals surface area (Å²) in [5, 5.41) is 4.50. The molecule has 8 heteroatoms. The normalized spacial score (nSPS) is 14.3.